The Labute approximate surface area is 159 Å². The Bertz CT molecular complexity index is 609. The number of rotatable bonds is 4. The van der Waals surface area contributed by atoms with Crippen LogP contribution in [0.4, 0.5) is 11.4 Å². The molecule has 2 N–H and O–H groups in total. The molecule has 0 aromatic heterocycles. The summed E-state index contributed by atoms with van der Waals surface area (Å²) in [6.07, 6.45) is -0.0642. The van der Waals surface area contributed by atoms with Gasteiger partial charge < -0.3 is 13.3 Å². The first-order valence-corrected chi connectivity index (χ1v) is 6.34. The standard InChI is InChI=1S/C14H11Cl2NO2.Ca.2H/c15-10-5-3-6-11(16)14(10)17-12-7-2-1-4-9(12)8-13(18)19;;;/h1-7,17H,8H2,(H,18,19);;;/q;+2;2*-1. The van der Waals surface area contributed by atoms with E-state index in [1.54, 1.807) is 36.4 Å². The SMILES string of the molecule is O=C(O)Cc1ccccc1Nc1c(Cl)cccc1Cl.[Ca+2].[H-].[H-]. The first-order chi connectivity index (χ1) is 9.08. The van der Waals surface area contributed by atoms with Gasteiger partial charge in [0.1, 0.15) is 0 Å². The average molecular weight is 338 g/mol. The Morgan fingerprint density at radius 1 is 1.10 bits per heavy atom. The molecule has 6 heteroatoms. The summed E-state index contributed by atoms with van der Waals surface area (Å²) in [4.78, 5) is 10.8. The van der Waals surface area contributed by atoms with Gasteiger partial charge in [0.2, 0.25) is 0 Å². The van der Waals surface area contributed by atoms with E-state index in [1.165, 1.54) is 0 Å². The summed E-state index contributed by atoms with van der Waals surface area (Å²) in [7, 11) is 0. The Morgan fingerprint density at radius 3 is 2.30 bits per heavy atom. The van der Waals surface area contributed by atoms with Crippen LogP contribution in [0.25, 0.3) is 0 Å². The molecular weight excluding hydrogens is 325 g/mol. The molecule has 0 saturated carbocycles. The summed E-state index contributed by atoms with van der Waals surface area (Å²) < 4.78 is 0. The van der Waals surface area contributed by atoms with Crippen molar-refractivity contribution in [3.8, 4) is 0 Å². The minimum absolute atomic E-state index is 0. The Kier molecular flexibility index (Phi) is 7.13. The molecule has 0 fully saturated rings. The molecule has 2 aromatic rings. The van der Waals surface area contributed by atoms with Gasteiger partial charge in [-0.2, -0.15) is 0 Å². The van der Waals surface area contributed by atoms with Gasteiger partial charge in [-0.15, -0.1) is 0 Å². The van der Waals surface area contributed by atoms with Gasteiger partial charge in [-0.25, -0.2) is 0 Å². The van der Waals surface area contributed by atoms with E-state index < -0.39 is 5.97 Å². The van der Waals surface area contributed by atoms with E-state index in [0.29, 0.717) is 27.0 Å². The van der Waals surface area contributed by atoms with Crippen LogP contribution in [0.1, 0.15) is 8.42 Å². The monoisotopic (exact) mass is 337 g/mol. The topological polar surface area (TPSA) is 49.3 Å². The third kappa shape index (κ3) is 4.54. The van der Waals surface area contributed by atoms with E-state index >= 15 is 0 Å². The van der Waals surface area contributed by atoms with Gasteiger partial charge in [0.05, 0.1) is 22.2 Å². The van der Waals surface area contributed by atoms with Gasteiger partial charge in [0, 0.05) is 5.69 Å². The predicted molar refractivity (Wildman–Crippen MR) is 85.5 cm³/mol. The summed E-state index contributed by atoms with van der Waals surface area (Å²) in [5.41, 5.74) is 1.93. The molecule has 0 aliphatic heterocycles. The molecule has 20 heavy (non-hydrogen) atoms. The second kappa shape index (κ2) is 8.11. The van der Waals surface area contributed by atoms with Crippen LogP contribution in [0.15, 0.2) is 42.5 Å². The summed E-state index contributed by atoms with van der Waals surface area (Å²) in [5.74, 6) is -0.889. The van der Waals surface area contributed by atoms with Crippen molar-refractivity contribution in [2.75, 3.05) is 5.32 Å². The molecule has 0 heterocycles. The summed E-state index contributed by atoms with van der Waals surface area (Å²) in [5, 5.41) is 12.9. The van der Waals surface area contributed by atoms with Crippen LogP contribution in [-0.4, -0.2) is 48.8 Å². The van der Waals surface area contributed by atoms with Crippen molar-refractivity contribution in [3.63, 3.8) is 0 Å². The van der Waals surface area contributed by atoms with Crippen molar-refractivity contribution in [2.24, 2.45) is 0 Å². The fourth-order valence-corrected chi connectivity index (χ4v) is 2.20. The van der Waals surface area contributed by atoms with Gasteiger partial charge in [-0.1, -0.05) is 47.5 Å². The fourth-order valence-electron chi connectivity index (χ4n) is 1.71. The number of nitrogens with one attached hydrogen (secondary N) is 1. The second-order valence-corrected chi connectivity index (χ2v) is 4.76. The van der Waals surface area contributed by atoms with E-state index in [0.717, 1.165) is 0 Å². The van der Waals surface area contributed by atoms with E-state index in [1.807, 2.05) is 6.07 Å². The number of halogens is 2. The number of aliphatic carboxylic acids is 1. The van der Waals surface area contributed by atoms with E-state index in [9.17, 15) is 4.79 Å². The molecule has 2 rings (SSSR count). The minimum Gasteiger partial charge on any atom is -1.00 e. The van der Waals surface area contributed by atoms with Crippen LogP contribution >= 0.6 is 23.2 Å². The molecule has 3 nitrogen and oxygen atoms in total. The number of para-hydroxylation sites is 2. The van der Waals surface area contributed by atoms with Crippen LogP contribution in [0.5, 0.6) is 0 Å². The Morgan fingerprint density at radius 2 is 1.70 bits per heavy atom. The minimum atomic E-state index is -0.889. The number of anilines is 2. The molecule has 0 bridgehead atoms. The van der Waals surface area contributed by atoms with Gasteiger partial charge >= 0.3 is 43.7 Å². The molecule has 0 radical (unpaired) electrons. The van der Waals surface area contributed by atoms with Crippen molar-refractivity contribution >= 4 is 78.3 Å². The van der Waals surface area contributed by atoms with E-state index in [2.05, 4.69) is 5.32 Å². The molecule has 0 aliphatic rings. The maximum atomic E-state index is 10.8. The molecule has 0 saturated heterocycles. The molecule has 0 atom stereocenters. The van der Waals surface area contributed by atoms with E-state index in [-0.39, 0.29) is 47.0 Å². The molecule has 0 unspecified atom stereocenters. The predicted octanol–water partition coefficient (Wildman–Crippen LogP) is 4.21. The smallest absolute Gasteiger partial charge is 1.00 e. The first-order valence-electron chi connectivity index (χ1n) is 5.58. The van der Waals surface area contributed by atoms with Crippen molar-refractivity contribution in [2.45, 2.75) is 6.42 Å². The summed E-state index contributed by atoms with van der Waals surface area (Å²) in [6.45, 7) is 0. The Balaban J connectivity index is 0. The van der Waals surface area contributed by atoms with Gasteiger partial charge in [-0.05, 0) is 23.8 Å². The maximum Gasteiger partial charge on any atom is 2.00 e. The molecular formula is C14H13CaCl2NO2. The van der Waals surface area contributed by atoms with Crippen molar-refractivity contribution in [3.05, 3.63) is 58.1 Å². The van der Waals surface area contributed by atoms with Crippen LogP contribution in [0.2, 0.25) is 10.0 Å². The van der Waals surface area contributed by atoms with Crippen LogP contribution in [-0.2, 0) is 11.2 Å². The number of carboxylic acid groups (broad SMARTS) is 1. The Hall–Kier alpha value is -0.450. The third-order valence-electron chi connectivity index (χ3n) is 2.58. The fraction of sp³-hybridized carbons (Fsp3) is 0.0714. The molecule has 0 amide bonds. The molecule has 2 aromatic carbocycles. The summed E-state index contributed by atoms with van der Waals surface area (Å²) >= 11 is 12.1. The number of carboxylic acids is 1. The van der Waals surface area contributed by atoms with Crippen molar-refractivity contribution < 1.29 is 12.8 Å². The number of benzene rings is 2. The molecule has 102 valence electrons. The van der Waals surface area contributed by atoms with Crippen LogP contribution in [0.3, 0.4) is 0 Å². The number of carbonyl (C=O) groups is 1. The first kappa shape index (κ1) is 17.6. The van der Waals surface area contributed by atoms with Gasteiger partial charge in [0.25, 0.3) is 0 Å². The zero-order valence-corrected chi connectivity index (χ0v) is 14.3. The van der Waals surface area contributed by atoms with Gasteiger partial charge in [0.15, 0.2) is 0 Å². The van der Waals surface area contributed by atoms with Crippen molar-refractivity contribution in [1.29, 1.82) is 0 Å². The average Bonchev–Trinajstić information content (AvgIpc) is 2.35. The number of hydrogen-bond donors (Lipinski definition) is 2. The van der Waals surface area contributed by atoms with E-state index in [4.69, 9.17) is 28.3 Å². The zero-order chi connectivity index (χ0) is 13.8. The van der Waals surface area contributed by atoms with Gasteiger partial charge in [-0.3, -0.25) is 4.79 Å². The van der Waals surface area contributed by atoms with Crippen molar-refractivity contribution in [1.82, 2.24) is 0 Å². The largest absolute Gasteiger partial charge is 2.00 e. The summed E-state index contributed by atoms with van der Waals surface area (Å²) in [6, 6.07) is 12.3. The number of hydrogen-bond acceptors (Lipinski definition) is 2. The van der Waals surface area contributed by atoms with Crippen LogP contribution in [0, 0.1) is 0 Å². The molecule has 0 spiro atoms. The molecule has 0 aliphatic carbocycles. The van der Waals surface area contributed by atoms with Crippen LogP contribution < -0.4 is 5.32 Å². The maximum absolute atomic E-state index is 10.8. The third-order valence-corrected chi connectivity index (χ3v) is 3.21. The zero-order valence-electron chi connectivity index (χ0n) is 12.6. The normalized spacial score (nSPS) is 9.70. The quantitative estimate of drug-likeness (QED) is 0.821. The second-order valence-electron chi connectivity index (χ2n) is 3.95.